The van der Waals surface area contributed by atoms with Crippen molar-refractivity contribution in [2.24, 2.45) is 0 Å². The molecule has 6 nitrogen and oxygen atoms in total. The average Bonchev–Trinajstić information content (AvgIpc) is 3.02. The number of amides is 2. The van der Waals surface area contributed by atoms with Crippen LogP contribution in [0.3, 0.4) is 0 Å². The SMILES string of the molecule is CN(C)C(CNC(=O)CN1CCCC1=O)c1ccco1. The minimum Gasteiger partial charge on any atom is -0.468 e. The lowest BCUT2D eigenvalue weighted by molar-refractivity contribution is -0.133. The minimum atomic E-state index is -0.126. The van der Waals surface area contributed by atoms with Crippen LogP contribution in [0.2, 0.25) is 0 Å². The van der Waals surface area contributed by atoms with Gasteiger partial charge in [-0.3, -0.25) is 14.5 Å². The number of carbonyl (C=O) groups excluding carboxylic acids is 2. The van der Waals surface area contributed by atoms with Gasteiger partial charge in [0.15, 0.2) is 0 Å². The highest BCUT2D eigenvalue weighted by atomic mass is 16.3. The fourth-order valence-electron chi connectivity index (χ4n) is 2.33. The van der Waals surface area contributed by atoms with Crippen LogP contribution in [0.25, 0.3) is 0 Å². The number of rotatable bonds is 6. The van der Waals surface area contributed by atoms with E-state index in [1.807, 2.05) is 31.1 Å². The zero-order chi connectivity index (χ0) is 14.5. The van der Waals surface area contributed by atoms with Gasteiger partial charge in [-0.25, -0.2) is 0 Å². The second kappa shape index (κ2) is 6.56. The Kier molecular flexibility index (Phi) is 4.79. The van der Waals surface area contributed by atoms with Gasteiger partial charge in [-0.1, -0.05) is 0 Å². The Morgan fingerprint density at radius 2 is 2.35 bits per heavy atom. The van der Waals surface area contributed by atoms with Crippen LogP contribution < -0.4 is 5.32 Å². The molecule has 0 radical (unpaired) electrons. The molecule has 110 valence electrons. The maximum Gasteiger partial charge on any atom is 0.239 e. The predicted octanol–water partition coefficient (Wildman–Crippen LogP) is 0.621. The Morgan fingerprint density at radius 3 is 2.90 bits per heavy atom. The third-order valence-electron chi connectivity index (χ3n) is 3.49. The minimum absolute atomic E-state index is 0.0109. The Balaban J connectivity index is 1.83. The molecule has 1 atom stereocenters. The summed E-state index contributed by atoms with van der Waals surface area (Å²) >= 11 is 0. The van der Waals surface area contributed by atoms with E-state index in [1.165, 1.54) is 0 Å². The van der Waals surface area contributed by atoms with E-state index in [0.717, 1.165) is 12.2 Å². The van der Waals surface area contributed by atoms with Gasteiger partial charge in [0, 0.05) is 19.5 Å². The number of carbonyl (C=O) groups is 2. The van der Waals surface area contributed by atoms with Crippen molar-refractivity contribution in [1.82, 2.24) is 15.1 Å². The summed E-state index contributed by atoms with van der Waals surface area (Å²) in [6.07, 6.45) is 3.02. The summed E-state index contributed by atoms with van der Waals surface area (Å²) in [5.41, 5.74) is 0. The molecule has 1 aromatic rings. The van der Waals surface area contributed by atoms with Crippen molar-refractivity contribution in [3.8, 4) is 0 Å². The first-order valence-electron chi connectivity index (χ1n) is 6.82. The lowest BCUT2D eigenvalue weighted by Gasteiger charge is -2.23. The largest absolute Gasteiger partial charge is 0.468 e. The number of hydrogen-bond donors (Lipinski definition) is 1. The smallest absolute Gasteiger partial charge is 0.239 e. The van der Waals surface area contributed by atoms with Crippen molar-refractivity contribution in [3.63, 3.8) is 0 Å². The van der Waals surface area contributed by atoms with Gasteiger partial charge in [0.05, 0.1) is 18.8 Å². The number of nitrogens with one attached hydrogen (secondary N) is 1. The summed E-state index contributed by atoms with van der Waals surface area (Å²) in [4.78, 5) is 26.9. The normalized spacial score (nSPS) is 16.8. The van der Waals surface area contributed by atoms with Gasteiger partial charge in [-0.2, -0.15) is 0 Å². The van der Waals surface area contributed by atoms with E-state index in [0.29, 0.717) is 19.5 Å². The molecular formula is C14H21N3O3. The summed E-state index contributed by atoms with van der Waals surface area (Å²) in [5.74, 6) is 0.751. The van der Waals surface area contributed by atoms with Crippen LogP contribution in [0, 0.1) is 0 Å². The molecule has 0 saturated carbocycles. The lowest BCUT2D eigenvalue weighted by Crippen LogP contribution is -2.41. The Labute approximate surface area is 118 Å². The number of furan rings is 1. The zero-order valence-electron chi connectivity index (χ0n) is 12.0. The van der Waals surface area contributed by atoms with Crippen molar-refractivity contribution in [1.29, 1.82) is 0 Å². The first-order valence-corrected chi connectivity index (χ1v) is 6.82. The molecule has 1 N–H and O–H groups in total. The molecule has 0 bridgehead atoms. The first-order chi connectivity index (χ1) is 9.58. The van der Waals surface area contributed by atoms with Crippen molar-refractivity contribution < 1.29 is 14.0 Å². The molecule has 1 aliphatic heterocycles. The molecule has 0 aromatic carbocycles. The molecule has 20 heavy (non-hydrogen) atoms. The number of likely N-dealkylation sites (N-methyl/N-ethyl adjacent to an activating group) is 1. The summed E-state index contributed by atoms with van der Waals surface area (Å²) in [6, 6.07) is 3.71. The Bertz CT molecular complexity index is 456. The lowest BCUT2D eigenvalue weighted by atomic mass is 10.2. The van der Waals surface area contributed by atoms with E-state index >= 15 is 0 Å². The van der Waals surface area contributed by atoms with Crippen LogP contribution >= 0.6 is 0 Å². The van der Waals surface area contributed by atoms with E-state index in [-0.39, 0.29) is 24.4 Å². The summed E-state index contributed by atoms with van der Waals surface area (Å²) in [6.45, 7) is 1.29. The van der Waals surface area contributed by atoms with E-state index in [9.17, 15) is 9.59 Å². The summed E-state index contributed by atoms with van der Waals surface area (Å²) in [5, 5.41) is 2.87. The number of hydrogen-bond acceptors (Lipinski definition) is 4. The van der Waals surface area contributed by atoms with E-state index < -0.39 is 0 Å². The molecule has 1 unspecified atom stereocenters. The van der Waals surface area contributed by atoms with Crippen LogP contribution in [0.15, 0.2) is 22.8 Å². The van der Waals surface area contributed by atoms with Crippen LogP contribution in [-0.2, 0) is 9.59 Å². The fraction of sp³-hybridized carbons (Fsp3) is 0.571. The topological polar surface area (TPSA) is 65.8 Å². The van der Waals surface area contributed by atoms with Crippen molar-refractivity contribution in [3.05, 3.63) is 24.2 Å². The Hall–Kier alpha value is -1.82. The number of nitrogens with zero attached hydrogens (tertiary/aromatic N) is 2. The molecular weight excluding hydrogens is 258 g/mol. The molecule has 1 saturated heterocycles. The Morgan fingerprint density at radius 1 is 1.55 bits per heavy atom. The molecule has 0 aliphatic carbocycles. The molecule has 0 spiro atoms. The summed E-state index contributed by atoms with van der Waals surface area (Å²) in [7, 11) is 3.87. The third-order valence-corrected chi connectivity index (χ3v) is 3.49. The highest BCUT2D eigenvalue weighted by Gasteiger charge is 2.23. The second-order valence-corrected chi connectivity index (χ2v) is 5.22. The maximum atomic E-state index is 11.9. The van der Waals surface area contributed by atoms with Crippen molar-refractivity contribution in [2.75, 3.05) is 33.7 Å². The molecule has 1 fully saturated rings. The quantitative estimate of drug-likeness (QED) is 0.829. The first kappa shape index (κ1) is 14.6. The molecule has 1 aliphatic rings. The zero-order valence-corrected chi connectivity index (χ0v) is 12.0. The van der Waals surface area contributed by atoms with Gasteiger partial charge in [-0.15, -0.1) is 0 Å². The van der Waals surface area contributed by atoms with E-state index in [1.54, 1.807) is 11.2 Å². The highest BCUT2D eigenvalue weighted by molar-refractivity contribution is 5.85. The number of likely N-dealkylation sites (tertiary alicyclic amines) is 1. The maximum absolute atomic E-state index is 11.9. The van der Waals surface area contributed by atoms with Crippen LogP contribution in [0.1, 0.15) is 24.6 Å². The van der Waals surface area contributed by atoms with Crippen molar-refractivity contribution in [2.45, 2.75) is 18.9 Å². The second-order valence-electron chi connectivity index (χ2n) is 5.22. The molecule has 2 rings (SSSR count). The van der Waals surface area contributed by atoms with Crippen LogP contribution in [0.5, 0.6) is 0 Å². The van der Waals surface area contributed by atoms with Crippen molar-refractivity contribution >= 4 is 11.8 Å². The van der Waals surface area contributed by atoms with Gasteiger partial charge in [0.25, 0.3) is 0 Å². The predicted molar refractivity (Wildman–Crippen MR) is 74.0 cm³/mol. The molecule has 1 aromatic heterocycles. The van der Waals surface area contributed by atoms with Crippen LogP contribution in [0.4, 0.5) is 0 Å². The van der Waals surface area contributed by atoms with Gasteiger partial charge < -0.3 is 14.6 Å². The van der Waals surface area contributed by atoms with Gasteiger partial charge >= 0.3 is 0 Å². The van der Waals surface area contributed by atoms with Gasteiger partial charge in [-0.05, 0) is 32.6 Å². The van der Waals surface area contributed by atoms with Gasteiger partial charge in [0.2, 0.25) is 11.8 Å². The fourth-order valence-corrected chi connectivity index (χ4v) is 2.33. The standard InChI is InChI=1S/C14H21N3O3/c1-16(2)11(12-5-4-8-20-12)9-15-13(18)10-17-7-3-6-14(17)19/h4-5,8,11H,3,6-7,9-10H2,1-2H3,(H,15,18). The van der Waals surface area contributed by atoms with Gasteiger partial charge in [0.1, 0.15) is 5.76 Å². The van der Waals surface area contributed by atoms with Crippen LogP contribution in [-0.4, -0.2) is 55.3 Å². The molecule has 2 heterocycles. The molecule has 2 amide bonds. The van der Waals surface area contributed by atoms with E-state index in [4.69, 9.17) is 4.42 Å². The average molecular weight is 279 g/mol. The third kappa shape index (κ3) is 3.60. The molecule has 6 heteroatoms. The monoisotopic (exact) mass is 279 g/mol. The van der Waals surface area contributed by atoms with E-state index in [2.05, 4.69) is 5.32 Å². The highest BCUT2D eigenvalue weighted by Crippen LogP contribution is 2.17. The summed E-state index contributed by atoms with van der Waals surface area (Å²) < 4.78 is 5.38.